The Morgan fingerprint density at radius 2 is 1.68 bits per heavy atom. The van der Waals surface area contributed by atoms with Crippen molar-refractivity contribution >= 4 is 11.6 Å². The van der Waals surface area contributed by atoms with Crippen LogP contribution in [0.1, 0.15) is 20.3 Å². The largest absolute Gasteiger partial charge is 0.457 e. The van der Waals surface area contributed by atoms with Crippen molar-refractivity contribution in [2.75, 3.05) is 11.9 Å². The van der Waals surface area contributed by atoms with Gasteiger partial charge in [0, 0.05) is 11.7 Å². The molecule has 2 N–H and O–H groups in total. The molecule has 4 nitrogen and oxygen atoms in total. The number of ether oxygens (including phenoxy) is 1. The minimum Gasteiger partial charge on any atom is -0.457 e. The number of para-hydroxylation sites is 1. The van der Waals surface area contributed by atoms with Crippen LogP contribution in [0, 0.1) is 0 Å². The first-order valence-corrected chi connectivity index (χ1v) is 7.53. The molecule has 0 fully saturated rings. The van der Waals surface area contributed by atoms with Crippen molar-refractivity contribution in [1.82, 2.24) is 5.32 Å². The molecule has 1 amide bonds. The van der Waals surface area contributed by atoms with E-state index in [1.165, 1.54) is 0 Å². The number of rotatable bonds is 7. The number of hydrogen-bond donors (Lipinski definition) is 2. The Kier molecular flexibility index (Phi) is 5.83. The van der Waals surface area contributed by atoms with Gasteiger partial charge in [0.05, 0.1) is 6.54 Å². The van der Waals surface area contributed by atoms with Crippen molar-refractivity contribution in [3.05, 3.63) is 54.6 Å². The fourth-order valence-corrected chi connectivity index (χ4v) is 1.88. The fraction of sp³-hybridized carbons (Fsp3) is 0.278. The van der Waals surface area contributed by atoms with Crippen LogP contribution in [-0.2, 0) is 4.79 Å². The van der Waals surface area contributed by atoms with Gasteiger partial charge in [-0.2, -0.15) is 0 Å². The Morgan fingerprint density at radius 3 is 2.32 bits per heavy atom. The van der Waals surface area contributed by atoms with E-state index in [9.17, 15) is 4.79 Å². The second-order valence-corrected chi connectivity index (χ2v) is 5.17. The molecule has 0 aliphatic rings. The monoisotopic (exact) mass is 298 g/mol. The first kappa shape index (κ1) is 15.9. The number of nitrogens with one attached hydrogen (secondary N) is 2. The van der Waals surface area contributed by atoms with E-state index >= 15 is 0 Å². The van der Waals surface area contributed by atoms with Gasteiger partial charge in [-0.3, -0.25) is 4.79 Å². The zero-order valence-corrected chi connectivity index (χ0v) is 13.0. The van der Waals surface area contributed by atoms with Gasteiger partial charge < -0.3 is 15.4 Å². The molecular weight excluding hydrogens is 276 g/mol. The van der Waals surface area contributed by atoms with Crippen molar-refractivity contribution < 1.29 is 9.53 Å². The molecule has 2 rings (SSSR count). The maximum absolute atomic E-state index is 11.7. The molecule has 0 aromatic heterocycles. The average molecular weight is 298 g/mol. The van der Waals surface area contributed by atoms with Gasteiger partial charge in [0.25, 0.3) is 0 Å². The number of anilines is 1. The summed E-state index contributed by atoms with van der Waals surface area (Å²) in [5.74, 6) is 1.57. The standard InChI is InChI=1S/C18H22N2O2/c1-3-14(2)20-18(21)13-19-15-9-11-17(12-10-15)22-16-7-5-4-6-8-16/h4-12,14,19H,3,13H2,1-2H3,(H,20,21). The van der Waals surface area contributed by atoms with E-state index in [0.29, 0.717) is 0 Å². The Morgan fingerprint density at radius 1 is 1.05 bits per heavy atom. The smallest absolute Gasteiger partial charge is 0.239 e. The van der Waals surface area contributed by atoms with Gasteiger partial charge in [0.15, 0.2) is 0 Å². The van der Waals surface area contributed by atoms with E-state index in [1.54, 1.807) is 0 Å². The van der Waals surface area contributed by atoms with Gasteiger partial charge in [-0.25, -0.2) is 0 Å². The lowest BCUT2D eigenvalue weighted by molar-refractivity contribution is -0.120. The Hall–Kier alpha value is -2.49. The second-order valence-electron chi connectivity index (χ2n) is 5.17. The van der Waals surface area contributed by atoms with Gasteiger partial charge in [-0.1, -0.05) is 25.1 Å². The van der Waals surface area contributed by atoms with Crippen LogP contribution in [-0.4, -0.2) is 18.5 Å². The van der Waals surface area contributed by atoms with Crippen LogP contribution >= 0.6 is 0 Å². The maximum atomic E-state index is 11.7. The third kappa shape index (κ3) is 5.13. The molecule has 2 aromatic carbocycles. The van der Waals surface area contributed by atoms with Crippen molar-refractivity contribution in [3.63, 3.8) is 0 Å². The molecule has 1 atom stereocenters. The molecule has 1 unspecified atom stereocenters. The molecule has 0 aliphatic heterocycles. The highest BCUT2D eigenvalue weighted by Crippen LogP contribution is 2.22. The summed E-state index contributed by atoms with van der Waals surface area (Å²) >= 11 is 0. The molecule has 0 saturated carbocycles. The Balaban J connectivity index is 1.83. The van der Waals surface area contributed by atoms with Crippen molar-refractivity contribution in [3.8, 4) is 11.5 Å². The minimum absolute atomic E-state index is 0.000961. The molecule has 0 spiro atoms. The molecule has 0 bridgehead atoms. The third-order valence-electron chi connectivity index (χ3n) is 3.31. The molecule has 116 valence electrons. The predicted molar refractivity (Wildman–Crippen MR) is 89.3 cm³/mol. The van der Waals surface area contributed by atoms with E-state index in [4.69, 9.17) is 4.74 Å². The van der Waals surface area contributed by atoms with Gasteiger partial charge in [-0.05, 0) is 49.7 Å². The van der Waals surface area contributed by atoms with Crippen LogP contribution in [0.3, 0.4) is 0 Å². The molecular formula is C18H22N2O2. The Bertz CT molecular complexity index is 582. The summed E-state index contributed by atoms with van der Waals surface area (Å²) in [5, 5.41) is 6.02. The summed E-state index contributed by atoms with van der Waals surface area (Å²) in [7, 11) is 0. The lowest BCUT2D eigenvalue weighted by atomic mass is 10.2. The van der Waals surface area contributed by atoms with Crippen LogP contribution in [0.15, 0.2) is 54.6 Å². The van der Waals surface area contributed by atoms with Gasteiger partial charge in [0.2, 0.25) is 5.91 Å². The molecule has 22 heavy (non-hydrogen) atoms. The van der Waals surface area contributed by atoms with Gasteiger partial charge in [-0.15, -0.1) is 0 Å². The fourth-order valence-electron chi connectivity index (χ4n) is 1.88. The zero-order valence-electron chi connectivity index (χ0n) is 13.0. The zero-order chi connectivity index (χ0) is 15.8. The molecule has 0 aliphatic carbocycles. The van der Waals surface area contributed by atoms with Crippen LogP contribution in [0.5, 0.6) is 11.5 Å². The highest BCUT2D eigenvalue weighted by atomic mass is 16.5. The summed E-state index contributed by atoms with van der Waals surface area (Å²) < 4.78 is 5.72. The van der Waals surface area contributed by atoms with Crippen LogP contribution in [0.4, 0.5) is 5.69 Å². The van der Waals surface area contributed by atoms with Crippen molar-refractivity contribution in [2.24, 2.45) is 0 Å². The van der Waals surface area contributed by atoms with Crippen molar-refractivity contribution in [1.29, 1.82) is 0 Å². The lowest BCUT2D eigenvalue weighted by Crippen LogP contribution is -2.36. The molecule has 0 heterocycles. The number of carbonyl (C=O) groups is 1. The number of hydrogen-bond acceptors (Lipinski definition) is 3. The minimum atomic E-state index is -0.000961. The first-order chi connectivity index (χ1) is 10.7. The highest BCUT2D eigenvalue weighted by Gasteiger charge is 2.05. The summed E-state index contributed by atoms with van der Waals surface area (Å²) in [4.78, 5) is 11.7. The van der Waals surface area contributed by atoms with Crippen molar-refractivity contribution in [2.45, 2.75) is 26.3 Å². The number of benzene rings is 2. The van der Waals surface area contributed by atoms with E-state index in [-0.39, 0.29) is 18.5 Å². The van der Waals surface area contributed by atoms with E-state index < -0.39 is 0 Å². The predicted octanol–water partition coefficient (Wildman–Crippen LogP) is 3.81. The second kappa shape index (κ2) is 8.08. The normalized spacial score (nSPS) is 11.5. The molecule has 0 radical (unpaired) electrons. The van der Waals surface area contributed by atoms with Crippen LogP contribution < -0.4 is 15.4 Å². The van der Waals surface area contributed by atoms with E-state index in [1.807, 2.05) is 68.4 Å². The summed E-state index contributed by atoms with van der Waals surface area (Å²) in [5.41, 5.74) is 0.889. The molecule has 4 heteroatoms. The van der Waals surface area contributed by atoms with Gasteiger partial charge >= 0.3 is 0 Å². The number of amides is 1. The lowest BCUT2D eigenvalue weighted by Gasteiger charge is -2.12. The third-order valence-corrected chi connectivity index (χ3v) is 3.31. The first-order valence-electron chi connectivity index (χ1n) is 7.53. The van der Waals surface area contributed by atoms with E-state index in [2.05, 4.69) is 10.6 Å². The Labute approximate surface area is 131 Å². The summed E-state index contributed by atoms with van der Waals surface area (Å²) in [6.45, 7) is 4.31. The van der Waals surface area contributed by atoms with Crippen LogP contribution in [0.2, 0.25) is 0 Å². The highest BCUT2D eigenvalue weighted by molar-refractivity contribution is 5.80. The topological polar surface area (TPSA) is 50.4 Å². The molecule has 2 aromatic rings. The summed E-state index contributed by atoms with van der Waals surface area (Å²) in [6, 6.07) is 17.4. The number of carbonyl (C=O) groups excluding carboxylic acids is 1. The quantitative estimate of drug-likeness (QED) is 0.817. The van der Waals surface area contributed by atoms with E-state index in [0.717, 1.165) is 23.6 Å². The van der Waals surface area contributed by atoms with Crippen LogP contribution in [0.25, 0.3) is 0 Å². The summed E-state index contributed by atoms with van der Waals surface area (Å²) in [6.07, 6.45) is 0.928. The molecule has 0 saturated heterocycles. The van der Waals surface area contributed by atoms with Gasteiger partial charge in [0.1, 0.15) is 11.5 Å². The average Bonchev–Trinajstić information content (AvgIpc) is 2.55. The SMILES string of the molecule is CCC(C)NC(=O)CNc1ccc(Oc2ccccc2)cc1. The maximum Gasteiger partial charge on any atom is 0.239 e.